The van der Waals surface area contributed by atoms with E-state index in [0.29, 0.717) is 5.56 Å². The van der Waals surface area contributed by atoms with Crippen LogP contribution in [0.5, 0.6) is 0 Å². The van der Waals surface area contributed by atoms with E-state index in [9.17, 15) is 4.79 Å². The zero-order chi connectivity index (χ0) is 16.6. The molecule has 2 aromatic heterocycles. The average Bonchev–Trinajstić information content (AvgIpc) is 3.04. The first kappa shape index (κ1) is 15.6. The molecule has 0 aliphatic heterocycles. The van der Waals surface area contributed by atoms with Crippen molar-refractivity contribution in [3.05, 3.63) is 35.2 Å². The Balaban J connectivity index is 2.01. The maximum Gasteiger partial charge on any atom is 0.251 e. The molecule has 0 aliphatic carbocycles. The Kier molecular flexibility index (Phi) is 4.14. The minimum Gasteiger partial charge on any atom is -0.395 e. The van der Waals surface area contributed by atoms with Gasteiger partial charge in [-0.1, -0.05) is 0 Å². The van der Waals surface area contributed by atoms with Gasteiger partial charge in [0.05, 0.1) is 28.1 Å². The molecule has 0 unspecified atom stereocenters. The Hall–Kier alpha value is -2.25. The first-order valence-electron chi connectivity index (χ1n) is 7.31. The van der Waals surface area contributed by atoms with Crippen molar-refractivity contribution in [1.82, 2.24) is 20.1 Å². The van der Waals surface area contributed by atoms with Gasteiger partial charge in [-0.15, -0.1) is 11.3 Å². The summed E-state index contributed by atoms with van der Waals surface area (Å²) in [5.41, 5.74) is 4.51. The number of hydrogen-bond acceptors (Lipinski definition) is 5. The summed E-state index contributed by atoms with van der Waals surface area (Å²) in [6.45, 7) is 4.18. The van der Waals surface area contributed by atoms with E-state index in [0.717, 1.165) is 32.2 Å². The van der Waals surface area contributed by atoms with Crippen molar-refractivity contribution in [2.24, 2.45) is 7.05 Å². The number of fused-ring (bicyclic) bond motifs is 1. The SMILES string of the molecule is Cc1nn(C)c(C)c1-c1nc2ccc(C(=O)NCCO)cc2s1. The fraction of sp³-hybridized carbons (Fsp3) is 0.312. The van der Waals surface area contributed by atoms with Gasteiger partial charge in [0.15, 0.2) is 0 Å². The van der Waals surface area contributed by atoms with E-state index in [1.165, 1.54) is 0 Å². The molecule has 7 heteroatoms. The highest BCUT2D eigenvalue weighted by Crippen LogP contribution is 2.34. The minimum atomic E-state index is -0.190. The molecule has 1 aromatic carbocycles. The summed E-state index contributed by atoms with van der Waals surface area (Å²) in [6.07, 6.45) is 0. The number of carbonyl (C=O) groups is 1. The highest BCUT2D eigenvalue weighted by Gasteiger charge is 2.16. The fourth-order valence-corrected chi connectivity index (χ4v) is 3.68. The van der Waals surface area contributed by atoms with Crippen LogP contribution in [0.2, 0.25) is 0 Å². The second kappa shape index (κ2) is 6.10. The number of aromatic nitrogens is 3. The summed E-state index contributed by atoms with van der Waals surface area (Å²) in [5.74, 6) is -0.190. The molecule has 0 saturated carbocycles. The lowest BCUT2D eigenvalue weighted by molar-refractivity contribution is 0.0945. The number of nitrogens with one attached hydrogen (secondary N) is 1. The average molecular weight is 330 g/mol. The predicted molar refractivity (Wildman–Crippen MR) is 90.7 cm³/mol. The van der Waals surface area contributed by atoms with E-state index in [1.54, 1.807) is 17.4 Å². The van der Waals surface area contributed by atoms with Crippen LogP contribution < -0.4 is 5.32 Å². The van der Waals surface area contributed by atoms with Gasteiger partial charge in [-0.3, -0.25) is 9.48 Å². The number of aryl methyl sites for hydroxylation is 2. The highest BCUT2D eigenvalue weighted by atomic mass is 32.1. The molecular formula is C16H18N4O2S. The quantitative estimate of drug-likeness (QED) is 0.767. The molecule has 0 fully saturated rings. The monoisotopic (exact) mass is 330 g/mol. The Morgan fingerprint density at radius 1 is 1.39 bits per heavy atom. The van der Waals surface area contributed by atoms with Crippen molar-refractivity contribution in [2.45, 2.75) is 13.8 Å². The summed E-state index contributed by atoms with van der Waals surface area (Å²) in [6, 6.07) is 5.44. The number of amides is 1. The van der Waals surface area contributed by atoms with Gasteiger partial charge in [0.1, 0.15) is 5.01 Å². The normalized spacial score (nSPS) is 11.1. The lowest BCUT2D eigenvalue weighted by atomic mass is 10.2. The Labute approximate surface area is 137 Å². The van der Waals surface area contributed by atoms with Crippen molar-refractivity contribution in [2.75, 3.05) is 13.2 Å². The van der Waals surface area contributed by atoms with Gasteiger partial charge in [0.2, 0.25) is 0 Å². The van der Waals surface area contributed by atoms with Crippen molar-refractivity contribution in [1.29, 1.82) is 0 Å². The first-order valence-corrected chi connectivity index (χ1v) is 8.13. The standard InChI is InChI=1S/C16H18N4O2S/c1-9-14(10(2)20(3)19-9)16-18-12-5-4-11(8-13(12)23-16)15(22)17-6-7-21/h4-5,8,21H,6-7H2,1-3H3,(H,17,22). The fourth-order valence-electron chi connectivity index (χ4n) is 2.53. The second-order valence-corrected chi connectivity index (χ2v) is 6.38. The number of carbonyl (C=O) groups excluding carboxylic acids is 1. The first-order chi connectivity index (χ1) is 11.0. The van der Waals surface area contributed by atoms with Gasteiger partial charge < -0.3 is 10.4 Å². The van der Waals surface area contributed by atoms with Crippen molar-refractivity contribution in [3.8, 4) is 10.6 Å². The number of aliphatic hydroxyl groups excluding tert-OH is 1. The van der Waals surface area contributed by atoms with E-state index in [4.69, 9.17) is 5.11 Å². The van der Waals surface area contributed by atoms with E-state index in [1.807, 2.05) is 37.7 Å². The number of aliphatic hydroxyl groups is 1. The molecule has 6 nitrogen and oxygen atoms in total. The highest BCUT2D eigenvalue weighted by molar-refractivity contribution is 7.21. The van der Waals surface area contributed by atoms with Crippen LogP contribution >= 0.6 is 11.3 Å². The van der Waals surface area contributed by atoms with Gasteiger partial charge in [-0.2, -0.15) is 5.10 Å². The van der Waals surface area contributed by atoms with E-state index < -0.39 is 0 Å². The maximum atomic E-state index is 12.0. The molecule has 2 N–H and O–H groups in total. The van der Waals surface area contributed by atoms with Crippen molar-refractivity contribution < 1.29 is 9.90 Å². The maximum absolute atomic E-state index is 12.0. The van der Waals surface area contributed by atoms with Gasteiger partial charge >= 0.3 is 0 Å². The molecule has 0 aliphatic rings. The lowest BCUT2D eigenvalue weighted by Crippen LogP contribution is -2.26. The number of rotatable bonds is 4. The zero-order valence-corrected chi connectivity index (χ0v) is 14.1. The molecule has 0 spiro atoms. The number of hydrogen-bond donors (Lipinski definition) is 2. The van der Waals surface area contributed by atoms with Crippen LogP contribution in [0.4, 0.5) is 0 Å². The Morgan fingerprint density at radius 2 is 2.17 bits per heavy atom. The molecule has 2 heterocycles. The molecule has 3 rings (SSSR count). The Morgan fingerprint density at radius 3 is 2.83 bits per heavy atom. The molecule has 120 valence electrons. The number of benzene rings is 1. The van der Waals surface area contributed by atoms with Gasteiger partial charge in [-0.25, -0.2) is 4.98 Å². The molecule has 0 bridgehead atoms. The second-order valence-electron chi connectivity index (χ2n) is 5.35. The smallest absolute Gasteiger partial charge is 0.251 e. The molecular weight excluding hydrogens is 312 g/mol. The molecule has 23 heavy (non-hydrogen) atoms. The third kappa shape index (κ3) is 2.85. The van der Waals surface area contributed by atoms with Gasteiger partial charge in [-0.05, 0) is 32.0 Å². The van der Waals surface area contributed by atoms with Crippen LogP contribution in [0.25, 0.3) is 20.8 Å². The largest absolute Gasteiger partial charge is 0.395 e. The van der Waals surface area contributed by atoms with Crippen LogP contribution in [-0.2, 0) is 7.05 Å². The molecule has 0 saturated heterocycles. The Bertz CT molecular complexity index is 882. The van der Waals surface area contributed by atoms with Crippen molar-refractivity contribution in [3.63, 3.8) is 0 Å². The predicted octanol–water partition coefficient (Wildman–Crippen LogP) is 2.04. The van der Waals surface area contributed by atoms with Crippen LogP contribution in [0, 0.1) is 13.8 Å². The molecule has 1 amide bonds. The van der Waals surface area contributed by atoms with Crippen LogP contribution in [0.3, 0.4) is 0 Å². The van der Waals surface area contributed by atoms with E-state index in [2.05, 4.69) is 15.4 Å². The zero-order valence-electron chi connectivity index (χ0n) is 13.3. The van der Waals surface area contributed by atoms with Crippen LogP contribution in [0.15, 0.2) is 18.2 Å². The lowest BCUT2D eigenvalue weighted by Gasteiger charge is -2.02. The topological polar surface area (TPSA) is 80.0 Å². The van der Waals surface area contributed by atoms with Crippen molar-refractivity contribution >= 4 is 27.5 Å². The van der Waals surface area contributed by atoms with E-state index in [-0.39, 0.29) is 19.1 Å². The van der Waals surface area contributed by atoms with Gasteiger partial charge in [0.25, 0.3) is 5.91 Å². The summed E-state index contributed by atoms with van der Waals surface area (Å²) in [7, 11) is 1.92. The number of thiazole rings is 1. The van der Waals surface area contributed by atoms with Crippen LogP contribution in [0.1, 0.15) is 21.7 Å². The van der Waals surface area contributed by atoms with E-state index >= 15 is 0 Å². The van der Waals surface area contributed by atoms with Gasteiger partial charge in [0, 0.05) is 24.8 Å². The number of nitrogens with zero attached hydrogens (tertiary/aromatic N) is 3. The third-order valence-electron chi connectivity index (χ3n) is 3.77. The summed E-state index contributed by atoms with van der Waals surface area (Å²) in [4.78, 5) is 16.7. The summed E-state index contributed by atoms with van der Waals surface area (Å²) >= 11 is 1.55. The third-order valence-corrected chi connectivity index (χ3v) is 4.81. The molecule has 3 aromatic rings. The molecule has 0 atom stereocenters. The minimum absolute atomic E-state index is 0.0712. The molecule has 0 radical (unpaired) electrons. The van der Waals surface area contributed by atoms with Crippen LogP contribution in [-0.4, -0.2) is 38.9 Å². The summed E-state index contributed by atoms with van der Waals surface area (Å²) in [5, 5.41) is 16.8. The summed E-state index contributed by atoms with van der Waals surface area (Å²) < 4.78 is 2.81.